The Morgan fingerprint density at radius 1 is 0.636 bits per heavy atom. The maximum absolute atomic E-state index is 5.95. The maximum atomic E-state index is 5.95. The second kappa shape index (κ2) is 7.63. The molecule has 9 heteroatoms. The van der Waals surface area contributed by atoms with E-state index in [-0.39, 0.29) is 10.0 Å². The van der Waals surface area contributed by atoms with Gasteiger partial charge in [-0.05, 0) is 36.5 Å². The van der Waals surface area contributed by atoms with Crippen LogP contribution >= 0.6 is 81.8 Å². The summed E-state index contributed by atoms with van der Waals surface area (Å²) in [5, 5.41) is 7.98. The zero-order chi connectivity index (χ0) is 16.4. The van der Waals surface area contributed by atoms with Crippen LogP contribution in [-0.4, -0.2) is 5.11 Å². The van der Waals surface area contributed by atoms with Crippen LogP contribution in [0.25, 0.3) is 0 Å². The van der Waals surface area contributed by atoms with Gasteiger partial charge in [-0.25, -0.2) is 0 Å². The van der Waals surface area contributed by atoms with Crippen LogP contribution in [0.5, 0.6) is 0 Å². The fourth-order valence-electron chi connectivity index (χ4n) is 1.55. The lowest BCUT2D eigenvalue weighted by atomic mass is 10.3. The van der Waals surface area contributed by atoms with Crippen molar-refractivity contribution in [3.63, 3.8) is 0 Å². The standard InChI is InChI=1S/C13H6Cl6N2S/c14-7-1-5(2-8(15)11(7)18)20-13(22)21-6-3-9(16)12(19)10(17)4-6/h1-4H,(H2,20,21,22). The zero-order valence-corrected chi connectivity index (χ0v) is 15.8. The van der Waals surface area contributed by atoms with Gasteiger partial charge < -0.3 is 10.6 Å². The highest BCUT2D eigenvalue weighted by molar-refractivity contribution is 7.80. The molecule has 2 aromatic rings. The first kappa shape index (κ1) is 18.2. The summed E-state index contributed by atoms with van der Waals surface area (Å²) in [5.74, 6) is 0. The van der Waals surface area contributed by atoms with Gasteiger partial charge in [0.2, 0.25) is 0 Å². The summed E-state index contributed by atoms with van der Waals surface area (Å²) in [4.78, 5) is 0. The first-order valence-electron chi connectivity index (χ1n) is 5.65. The summed E-state index contributed by atoms with van der Waals surface area (Å²) in [6.45, 7) is 0. The molecule has 0 aliphatic carbocycles. The number of thiocarbonyl (C=S) groups is 1. The van der Waals surface area contributed by atoms with Crippen molar-refractivity contribution < 1.29 is 0 Å². The fourth-order valence-corrected chi connectivity index (χ4v) is 2.98. The minimum Gasteiger partial charge on any atom is -0.332 e. The number of hydrogen-bond acceptors (Lipinski definition) is 1. The van der Waals surface area contributed by atoms with E-state index in [0.717, 1.165) is 0 Å². The average Bonchev–Trinajstić information content (AvgIpc) is 2.41. The van der Waals surface area contributed by atoms with Gasteiger partial charge in [0, 0.05) is 11.4 Å². The molecule has 0 aromatic heterocycles. The van der Waals surface area contributed by atoms with Crippen LogP contribution in [0.2, 0.25) is 30.1 Å². The highest BCUT2D eigenvalue weighted by atomic mass is 35.5. The van der Waals surface area contributed by atoms with Crippen molar-refractivity contribution >= 4 is 98.3 Å². The minimum absolute atomic E-state index is 0.282. The van der Waals surface area contributed by atoms with Crippen LogP contribution in [0.1, 0.15) is 0 Å². The summed E-state index contributed by atoms with van der Waals surface area (Å²) < 4.78 is 0. The molecule has 0 bridgehead atoms. The molecule has 22 heavy (non-hydrogen) atoms. The highest BCUT2D eigenvalue weighted by Crippen LogP contribution is 2.34. The van der Waals surface area contributed by atoms with Gasteiger partial charge in [0.1, 0.15) is 0 Å². The molecule has 0 fully saturated rings. The van der Waals surface area contributed by atoms with E-state index in [1.54, 1.807) is 24.3 Å². The Morgan fingerprint density at radius 3 is 1.18 bits per heavy atom. The first-order valence-corrected chi connectivity index (χ1v) is 8.32. The lowest BCUT2D eigenvalue weighted by Crippen LogP contribution is -2.19. The summed E-state index contributed by atoms with van der Waals surface area (Å²) in [7, 11) is 0. The van der Waals surface area contributed by atoms with Crippen molar-refractivity contribution in [3.8, 4) is 0 Å². The van der Waals surface area contributed by atoms with Crippen molar-refractivity contribution in [2.24, 2.45) is 0 Å². The molecule has 2 nitrogen and oxygen atoms in total. The predicted octanol–water partition coefficient (Wildman–Crippen LogP) is 7.42. The van der Waals surface area contributed by atoms with Crippen LogP contribution in [0.15, 0.2) is 24.3 Å². The normalized spacial score (nSPS) is 10.5. The molecule has 0 unspecified atom stereocenters. The summed E-state index contributed by atoms with van der Waals surface area (Å²) in [6.07, 6.45) is 0. The predicted molar refractivity (Wildman–Crippen MR) is 103 cm³/mol. The number of benzene rings is 2. The molecule has 0 spiro atoms. The Balaban J connectivity index is 2.14. The van der Waals surface area contributed by atoms with Gasteiger partial charge >= 0.3 is 0 Å². The monoisotopic (exact) mass is 432 g/mol. The number of halogens is 6. The van der Waals surface area contributed by atoms with Gasteiger partial charge in [-0.3, -0.25) is 0 Å². The molecule has 0 saturated heterocycles. The third-order valence-electron chi connectivity index (χ3n) is 2.48. The molecule has 0 aliphatic heterocycles. The molecular weight excluding hydrogens is 429 g/mol. The van der Waals surface area contributed by atoms with E-state index < -0.39 is 0 Å². The van der Waals surface area contributed by atoms with Crippen molar-refractivity contribution in [2.45, 2.75) is 0 Å². The van der Waals surface area contributed by atoms with Gasteiger partial charge in [0.05, 0.1) is 30.1 Å². The van der Waals surface area contributed by atoms with E-state index >= 15 is 0 Å². The quantitative estimate of drug-likeness (QED) is 0.380. The van der Waals surface area contributed by atoms with Crippen molar-refractivity contribution in [2.75, 3.05) is 10.6 Å². The molecular formula is C13H6Cl6N2S. The van der Waals surface area contributed by atoms with E-state index in [4.69, 9.17) is 81.8 Å². The van der Waals surface area contributed by atoms with E-state index in [2.05, 4.69) is 10.6 Å². The van der Waals surface area contributed by atoms with Crippen LogP contribution < -0.4 is 10.6 Å². The summed E-state index contributed by atoms with van der Waals surface area (Å²) >= 11 is 40.8. The highest BCUT2D eigenvalue weighted by Gasteiger charge is 2.09. The molecule has 2 rings (SSSR count). The van der Waals surface area contributed by atoms with Crippen LogP contribution in [-0.2, 0) is 0 Å². The average molecular weight is 435 g/mol. The van der Waals surface area contributed by atoms with Gasteiger partial charge in [-0.1, -0.05) is 69.6 Å². The Morgan fingerprint density at radius 2 is 0.909 bits per heavy atom. The van der Waals surface area contributed by atoms with Crippen molar-refractivity contribution in [1.82, 2.24) is 0 Å². The number of rotatable bonds is 2. The number of anilines is 2. The van der Waals surface area contributed by atoms with Crippen LogP contribution in [0.3, 0.4) is 0 Å². The van der Waals surface area contributed by atoms with E-state index in [0.29, 0.717) is 36.6 Å². The van der Waals surface area contributed by atoms with Crippen molar-refractivity contribution in [1.29, 1.82) is 0 Å². The zero-order valence-electron chi connectivity index (χ0n) is 10.5. The Labute approximate surface area is 162 Å². The number of nitrogens with one attached hydrogen (secondary N) is 2. The van der Waals surface area contributed by atoms with E-state index in [1.165, 1.54) is 0 Å². The van der Waals surface area contributed by atoms with Gasteiger partial charge in [-0.15, -0.1) is 0 Å². The second-order valence-electron chi connectivity index (χ2n) is 4.09. The van der Waals surface area contributed by atoms with E-state index in [9.17, 15) is 0 Å². The molecule has 0 saturated carbocycles. The third-order valence-corrected chi connectivity index (χ3v) is 5.08. The molecule has 2 aromatic carbocycles. The molecule has 0 heterocycles. The SMILES string of the molecule is S=C(Nc1cc(Cl)c(Cl)c(Cl)c1)Nc1cc(Cl)c(Cl)c(Cl)c1. The molecule has 2 N–H and O–H groups in total. The number of hydrogen-bond donors (Lipinski definition) is 2. The largest absolute Gasteiger partial charge is 0.332 e. The van der Waals surface area contributed by atoms with Crippen LogP contribution in [0, 0.1) is 0 Å². The minimum atomic E-state index is 0.282. The van der Waals surface area contributed by atoms with Crippen LogP contribution in [0.4, 0.5) is 11.4 Å². The van der Waals surface area contributed by atoms with E-state index in [1.807, 2.05) is 0 Å². The molecule has 116 valence electrons. The maximum Gasteiger partial charge on any atom is 0.175 e. The second-order valence-corrected chi connectivity index (χ2v) is 6.88. The summed E-state index contributed by atoms with van der Waals surface area (Å²) in [6, 6.07) is 6.41. The lowest BCUT2D eigenvalue weighted by Gasteiger charge is -2.13. The Bertz CT molecular complexity index is 642. The molecule has 0 aliphatic rings. The Hall–Kier alpha value is -0.130. The molecule has 0 amide bonds. The van der Waals surface area contributed by atoms with Gasteiger partial charge in [0.15, 0.2) is 5.11 Å². The fraction of sp³-hybridized carbons (Fsp3) is 0. The molecule has 0 atom stereocenters. The van der Waals surface area contributed by atoms with Crippen molar-refractivity contribution in [3.05, 3.63) is 54.4 Å². The lowest BCUT2D eigenvalue weighted by molar-refractivity contribution is 1.59. The molecule has 0 radical (unpaired) electrons. The first-order chi connectivity index (χ1) is 10.3. The topological polar surface area (TPSA) is 24.1 Å². The van der Waals surface area contributed by atoms with Gasteiger partial charge in [0.25, 0.3) is 0 Å². The smallest absolute Gasteiger partial charge is 0.175 e. The third kappa shape index (κ3) is 4.45. The Kier molecular flexibility index (Phi) is 6.31. The van der Waals surface area contributed by atoms with Gasteiger partial charge in [-0.2, -0.15) is 0 Å². The summed E-state index contributed by atoms with van der Waals surface area (Å²) in [5.41, 5.74) is 1.17.